The molecule has 4 heteroatoms. The van der Waals surface area contributed by atoms with Gasteiger partial charge in [0, 0.05) is 39.3 Å². The molecule has 25 heavy (non-hydrogen) atoms. The van der Waals surface area contributed by atoms with E-state index in [1.807, 2.05) is 12.1 Å². The maximum atomic E-state index is 5.55. The zero-order valence-corrected chi connectivity index (χ0v) is 15.3. The van der Waals surface area contributed by atoms with Crippen molar-refractivity contribution in [1.82, 2.24) is 15.1 Å². The van der Waals surface area contributed by atoms with Gasteiger partial charge in [-0.1, -0.05) is 72.8 Å². The molecule has 1 fully saturated rings. The first kappa shape index (κ1) is 17.6. The van der Waals surface area contributed by atoms with Crippen molar-refractivity contribution in [2.45, 2.75) is 6.54 Å². The van der Waals surface area contributed by atoms with Crippen molar-refractivity contribution in [3.63, 3.8) is 0 Å². The van der Waals surface area contributed by atoms with Crippen LogP contribution in [0.4, 0.5) is 0 Å². The van der Waals surface area contributed by atoms with Crippen molar-refractivity contribution in [2.24, 2.45) is 0 Å². The lowest BCUT2D eigenvalue weighted by atomic mass is 10.2. The fourth-order valence-electron chi connectivity index (χ4n) is 2.92. The van der Waals surface area contributed by atoms with E-state index in [2.05, 4.69) is 75.8 Å². The van der Waals surface area contributed by atoms with Crippen LogP contribution in [0.15, 0.2) is 66.7 Å². The smallest absolute Gasteiger partial charge is 0.169 e. The maximum absolute atomic E-state index is 5.55. The minimum Gasteiger partial charge on any atom is -0.358 e. The van der Waals surface area contributed by atoms with Crippen LogP contribution in [0.25, 0.3) is 6.08 Å². The molecule has 3 rings (SSSR count). The molecule has 0 aliphatic carbocycles. The summed E-state index contributed by atoms with van der Waals surface area (Å²) in [5, 5.41) is 4.24. The van der Waals surface area contributed by atoms with E-state index in [4.69, 9.17) is 12.2 Å². The van der Waals surface area contributed by atoms with E-state index in [1.54, 1.807) is 0 Å². The van der Waals surface area contributed by atoms with Crippen molar-refractivity contribution < 1.29 is 0 Å². The predicted octanol–water partition coefficient (Wildman–Crippen LogP) is 3.39. The van der Waals surface area contributed by atoms with Crippen molar-refractivity contribution >= 4 is 23.4 Å². The molecular weight excluding hydrogens is 326 g/mol. The average Bonchev–Trinajstić information content (AvgIpc) is 2.68. The second kappa shape index (κ2) is 9.35. The maximum Gasteiger partial charge on any atom is 0.169 e. The monoisotopic (exact) mass is 351 g/mol. The van der Waals surface area contributed by atoms with Crippen LogP contribution < -0.4 is 5.32 Å². The van der Waals surface area contributed by atoms with Gasteiger partial charge in [-0.2, -0.15) is 0 Å². The molecule has 2 aromatic carbocycles. The molecule has 1 aliphatic heterocycles. The van der Waals surface area contributed by atoms with Crippen LogP contribution in [0.3, 0.4) is 0 Å². The van der Waals surface area contributed by atoms with Gasteiger partial charge in [0.15, 0.2) is 5.11 Å². The normalized spacial score (nSPS) is 15.4. The third-order valence-corrected chi connectivity index (χ3v) is 4.82. The Bertz CT molecular complexity index is 677. The van der Waals surface area contributed by atoms with E-state index in [-0.39, 0.29) is 0 Å². The molecule has 130 valence electrons. The second-order valence-corrected chi connectivity index (χ2v) is 6.63. The molecule has 1 heterocycles. The third kappa shape index (κ3) is 5.69. The Kier molecular flexibility index (Phi) is 6.60. The van der Waals surface area contributed by atoms with Gasteiger partial charge < -0.3 is 10.2 Å². The Labute approximate surface area is 156 Å². The highest BCUT2D eigenvalue weighted by Crippen LogP contribution is 2.05. The number of hydrogen-bond donors (Lipinski definition) is 1. The van der Waals surface area contributed by atoms with Crippen molar-refractivity contribution in [3.8, 4) is 0 Å². The number of benzene rings is 2. The van der Waals surface area contributed by atoms with Gasteiger partial charge in [-0.25, -0.2) is 0 Å². The summed E-state index contributed by atoms with van der Waals surface area (Å²) in [6, 6.07) is 20.8. The van der Waals surface area contributed by atoms with E-state index in [9.17, 15) is 0 Å². The molecule has 0 spiro atoms. The zero-order valence-electron chi connectivity index (χ0n) is 14.5. The number of piperazine rings is 1. The average molecular weight is 352 g/mol. The first-order valence-corrected chi connectivity index (χ1v) is 9.23. The van der Waals surface area contributed by atoms with Crippen LogP contribution in [0.2, 0.25) is 0 Å². The minimum absolute atomic E-state index is 0.791. The molecule has 0 unspecified atom stereocenters. The summed E-state index contributed by atoms with van der Waals surface area (Å²) in [5.74, 6) is 0. The van der Waals surface area contributed by atoms with Gasteiger partial charge in [-0.15, -0.1) is 0 Å². The zero-order chi connectivity index (χ0) is 17.3. The number of rotatable bonds is 5. The van der Waals surface area contributed by atoms with E-state index in [0.29, 0.717) is 0 Å². The van der Waals surface area contributed by atoms with E-state index in [0.717, 1.165) is 44.4 Å². The minimum atomic E-state index is 0.791. The predicted molar refractivity (Wildman–Crippen MR) is 109 cm³/mol. The Hall–Kier alpha value is -2.17. The topological polar surface area (TPSA) is 18.5 Å². The number of thiocarbonyl (C=S) groups is 1. The first-order chi connectivity index (χ1) is 12.3. The van der Waals surface area contributed by atoms with Crippen molar-refractivity contribution in [2.75, 3.05) is 32.7 Å². The number of hydrogen-bond acceptors (Lipinski definition) is 2. The molecule has 0 bridgehead atoms. The van der Waals surface area contributed by atoms with Crippen LogP contribution in [-0.2, 0) is 6.54 Å². The van der Waals surface area contributed by atoms with Crippen molar-refractivity contribution in [3.05, 3.63) is 77.9 Å². The highest BCUT2D eigenvalue weighted by molar-refractivity contribution is 7.80. The third-order valence-electron chi connectivity index (χ3n) is 4.42. The largest absolute Gasteiger partial charge is 0.358 e. The Balaban J connectivity index is 1.38. The summed E-state index contributed by atoms with van der Waals surface area (Å²) < 4.78 is 0. The summed E-state index contributed by atoms with van der Waals surface area (Å²) in [7, 11) is 0. The Morgan fingerprint density at radius 1 is 0.920 bits per heavy atom. The van der Waals surface area contributed by atoms with Crippen LogP contribution in [0.1, 0.15) is 11.1 Å². The summed E-state index contributed by atoms with van der Waals surface area (Å²) in [6.07, 6.45) is 4.44. The fourth-order valence-corrected chi connectivity index (χ4v) is 3.18. The van der Waals surface area contributed by atoms with E-state index >= 15 is 0 Å². The number of nitrogens with one attached hydrogen (secondary N) is 1. The molecule has 3 nitrogen and oxygen atoms in total. The lowest BCUT2D eigenvalue weighted by Gasteiger charge is -2.35. The first-order valence-electron chi connectivity index (χ1n) is 8.82. The number of nitrogens with zero attached hydrogens (tertiary/aromatic N) is 2. The van der Waals surface area contributed by atoms with Crippen LogP contribution in [0.5, 0.6) is 0 Å². The highest BCUT2D eigenvalue weighted by atomic mass is 32.1. The van der Waals surface area contributed by atoms with Crippen LogP contribution >= 0.6 is 12.2 Å². The quantitative estimate of drug-likeness (QED) is 0.832. The highest BCUT2D eigenvalue weighted by Gasteiger charge is 2.17. The van der Waals surface area contributed by atoms with Crippen molar-refractivity contribution in [1.29, 1.82) is 0 Å². The van der Waals surface area contributed by atoms with Gasteiger partial charge in [0.05, 0.1) is 0 Å². The summed E-state index contributed by atoms with van der Waals surface area (Å²) in [5.41, 5.74) is 2.52. The molecule has 1 aliphatic rings. The van der Waals surface area contributed by atoms with Gasteiger partial charge in [-0.3, -0.25) is 4.90 Å². The second-order valence-electron chi connectivity index (χ2n) is 6.25. The summed E-state index contributed by atoms with van der Waals surface area (Å²) in [4.78, 5) is 4.74. The lowest BCUT2D eigenvalue weighted by Crippen LogP contribution is -2.51. The Morgan fingerprint density at radius 3 is 2.24 bits per heavy atom. The SMILES string of the molecule is S=C(NCc1ccccc1)N1CCN(C/C=C/c2ccccc2)CC1. The summed E-state index contributed by atoms with van der Waals surface area (Å²) in [6.45, 7) is 5.85. The van der Waals surface area contributed by atoms with Gasteiger partial charge in [0.2, 0.25) is 0 Å². The molecule has 1 N–H and O–H groups in total. The molecule has 0 atom stereocenters. The van der Waals surface area contributed by atoms with Gasteiger partial charge >= 0.3 is 0 Å². The lowest BCUT2D eigenvalue weighted by molar-refractivity contribution is 0.197. The summed E-state index contributed by atoms with van der Waals surface area (Å²) >= 11 is 5.55. The van der Waals surface area contributed by atoms with Crippen LogP contribution in [-0.4, -0.2) is 47.6 Å². The van der Waals surface area contributed by atoms with Gasteiger partial charge in [0.25, 0.3) is 0 Å². The molecule has 0 aromatic heterocycles. The van der Waals surface area contributed by atoms with Gasteiger partial charge in [0.1, 0.15) is 0 Å². The fraction of sp³-hybridized carbons (Fsp3) is 0.286. The molecule has 0 saturated carbocycles. The Morgan fingerprint density at radius 2 is 1.56 bits per heavy atom. The van der Waals surface area contributed by atoms with Gasteiger partial charge in [-0.05, 0) is 23.3 Å². The molecule has 0 amide bonds. The van der Waals surface area contributed by atoms with E-state index in [1.165, 1.54) is 11.1 Å². The van der Waals surface area contributed by atoms with Crippen LogP contribution in [0, 0.1) is 0 Å². The molecule has 0 radical (unpaired) electrons. The molecule has 2 aromatic rings. The molecular formula is C21H25N3S. The standard InChI is InChI=1S/C21H25N3S/c25-21(22-18-20-10-5-2-6-11-20)24-16-14-23(15-17-24)13-7-12-19-8-3-1-4-9-19/h1-12H,13-18H2,(H,22,25)/b12-7+. The van der Waals surface area contributed by atoms with E-state index < -0.39 is 0 Å². The molecule has 1 saturated heterocycles.